The van der Waals surface area contributed by atoms with Gasteiger partial charge in [0.2, 0.25) is 0 Å². The predicted octanol–water partition coefficient (Wildman–Crippen LogP) is 1.72. The summed E-state index contributed by atoms with van der Waals surface area (Å²) in [6.07, 6.45) is 0. The molecule has 0 amide bonds. The van der Waals surface area contributed by atoms with Gasteiger partial charge >= 0.3 is 5.97 Å². The van der Waals surface area contributed by atoms with Gasteiger partial charge in [0.25, 0.3) is 0 Å². The average Bonchev–Trinajstić information content (AvgIpc) is 2.40. The van der Waals surface area contributed by atoms with Gasteiger partial charge in [-0.15, -0.1) is 24.8 Å². The van der Waals surface area contributed by atoms with E-state index in [1.807, 2.05) is 24.3 Å². The van der Waals surface area contributed by atoms with Crippen LogP contribution in [-0.2, 0) is 11.3 Å². The van der Waals surface area contributed by atoms with Crippen molar-refractivity contribution in [2.45, 2.75) is 6.54 Å². The van der Waals surface area contributed by atoms with E-state index in [1.54, 1.807) is 0 Å². The number of nitrogens with one attached hydrogen (secondary N) is 1. The molecule has 1 fully saturated rings. The minimum atomic E-state index is -0.279. The third kappa shape index (κ3) is 5.37. The Morgan fingerprint density at radius 1 is 1.21 bits per heavy atom. The minimum absolute atomic E-state index is 0. The summed E-state index contributed by atoms with van der Waals surface area (Å²) in [6.45, 7) is 5.22. The maximum atomic E-state index is 11.3. The third-order valence-electron chi connectivity index (χ3n) is 2.99. The summed E-state index contributed by atoms with van der Waals surface area (Å²) in [5.41, 5.74) is 1.84. The van der Waals surface area contributed by atoms with Crippen molar-refractivity contribution in [3.05, 3.63) is 35.4 Å². The smallest absolute Gasteiger partial charge is 0.337 e. The van der Waals surface area contributed by atoms with E-state index in [-0.39, 0.29) is 30.8 Å². The van der Waals surface area contributed by atoms with Crippen LogP contribution in [0.3, 0.4) is 0 Å². The van der Waals surface area contributed by atoms with Crippen molar-refractivity contribution in [1.29, 1.82) is 0 Å². The molecule has 6 heteroatoms. The van der Waals surface area contributed by atoms with Gasteiger partial charge in [-0.1, -0.05) is 12.1 Å². The van der Waals surface area contributed by atoms with Crippen LogP contribution in [0.25, 0.3) is 0 Å². The highest BCUT2D eigenvalue weighted by molar-refractivity contribution is 5.89. The van der Waals surface area contributed by atoms with Crippen molar-refractivity contribution in [2.75, 3.05) is 33.3 Å². The van der Waals surface area contributed by atoms with Crippen molar-refractivity contribution in [1.82, 2.24) is 10.2 Å². The van der Waals surface area contributed by atoms with Gasteiger partial charge in [0.05, 0.1) is 12.7 Å². The zero-order chi connectivity index (χ0) is 12.1. The molecule has 0 aliphatic carbocycles. The summed E-state index contributed by atoms with van der Waals surface area (Å²) in [4.78, 5) is 13.7. The summed E-state index contributed by atoms with van der Waals surface area (Å²) < 4.78 is 4.67. The minimum Gasteiger partial charge on any atom is -0.465 e. The molecule has 0 atom stereocenters. The zero-order valence-corrected chi connectivity index (χ0v) is 12.6. The number of nitrogens with zero attached hydrogens (tertiary/aromatic N) is 1. The van der Waals surface area contributed by atoms with Gasteiger partial charge in [0, 0.05) is 32.7 Å². The number of hydrogen-bond acceptors (Lipinski definition) is 4. The second-order valence-corrected chi connectivity index (χ2v) is 4.21. The molecule has 1 heterocycles. The predicted molar refractivity (Wildman–Crippen MR) is 80.4 cm³/mol. The molecule has 0 saturated carbocycles. The van der Waals surface area contributed by atoms with E-state index < -0.39 is 0 Å². The number of carbonyl (C=O) groups excluding carboxylic acids is 1. The highest BCUT2D eigenvalue weighted by atomic mass is 35.5. The van der Waals surface area contributed by atoms with Gasteiger partial charge in [0.1, 0.15) is 0 Å². The Morgan fingerprint density at radius 3 is 2.32 bits per heavy atom. The zero-order valence-electron chi connectivity index (χ0n) is 10.9. The molecule has 1 saturated heterocycles. The molecule has 0 radical (unpaired) electrons. The first-order valence-electron chi connectivity index (χ1n) is 5.90. The molecule has 2 rings (SSSR count). The van der Waals surface area contributed by atoms with Gasteiger partial charge in [-0.05, 0) is 17.7 Å². The Bertz CT molecular complexity index is 379. The van der Waals surface area contributed by atoms with E-state index in [0.29, 0.717) is 5.56 Å². The summed E-state index contributed by atoms with van der Waals surface area (Å²) >= 11 is 0. The van der Waals surface area contributed by atoms with Gasteiger partial charge in [-0.2, -0.15) is 0 Å². The lowest BCUT2D eigenvalue weighted by molar-refractivity contribution is 0.0600. The fraction of sp³-hybridized carbons (Fsp3) is 0.462. The molecular formula is C13H20Cl2N2O2. The highest BCUT2D eigenvalue weighted by Crippen LogP contribution is 2.09. The number of rotatable bonds is 3. The summed E-state index contributed by atoms with van der Waals surface area (Å²) in [6, 6.07) is 7.63. The lowest BCUT2D eigenvalue weighted by Gasteiger charge is -2.27. The molecule has 1 aliphatic rings. The van der Waals surface area contributed by atoms with Crippen LogP contribution in [0.2, 0.25) is 0 Å². The monoisotopic (exact) mass is 306 g/mol. The fourth-order valence-corrected chi connectivity index (χ4v) is 1.99. The lowest BCUT2D eigenvalue weighted by atomic mass is 10.1. The summed E-state index contributed by atoms with van der Waals surface area (Å²) in [5, 5.41) is 3.33. The first-order chi connectivity index (χ1) is 8.29. The van der Waals surface area contributed by atoms with Gasteiger partial charge < -0.3 is 10.1 Å². The third-order valence-corrected chi connectivity index (χ3v) is 2.99. The van der Waals surface area contributed by atoms with Gasteiger partial charge in [0.15, 0.2) is 0 Å². The lowest BCUT2D eigenvalue weighted by Crippen LogP contribution is -2.42. The van der Waals surface area contributed by atoms with Crippen LogP contribution in [0.4, 0.5) is 0 Å². The maximum absolute atomic E-state index is 11.3. The van der Waals surface area contributed by atoms with Crippen molar-refractivity contribution < 1.29 is 9.53 Å². The number of carbonyl (C=O) groups is 1. The van der Waals surface area contributed by atoms with Crippen molar-refractivity contribution >= 4 is 30.8 Å². The molecule has 0 aromatic heterocycles. The van der Waals surface area contributed by atoms with Crippen LogP contribution < -0.4 is 5.32 Å². The van der Waals surface area contributed by atoms with Crippen molar-refractivity contribution in [3.63, 3.8) is 0 Å². The number of esters is 1. The molecule has 1 aromatic rings. The molecule has 1 aliphatic heterocycles. The Morgan fingerprint density at radius 2 is 1.79 bits per heavy atom. The summed E-state index contributed by atoms with van der Waals surface area (Å²) in [7, 11) is 1.40. The Labute approximate surface area is 126 Å². The number of methoxy groups -OCH3 is 1. The first kappa shape index (κ1) is 18.2. The Balaban J connectivity index is 0.00000162. The van der Waals surface area contributed by atoms with E-state index in [1.165, 1.54) is 12.7 Å². The molecule has 4 nitrogen and oxygen atoms in total. The molecule has 108 valence electrons. The standard InChI is InChI=1S/C13H18N2O2.2ClH/c1-17-13(16)12-4-2-11(3-5-12)10-15-8-6-14-7-9-15;;/h2-5,14H,6-10H2,1H3;2*1H. The number of benzene rings is 1. The quantitative estimate of drug-likeness (QED) is 0.864. The van der Waals surface area contributed by atoms with Crippen LogP contribution in [0, 0.1) is 0 Å². The van der Waals surface area contributed by atoms with Crippen molar-refractivity contribution in [3.8, 4) is 0 Å². The SMILES string of the molecule is COC(=O)c1ccc(CN2CCNCC2)cc1.Cl.Cl. The summed E-state index contributed by atoms with van der Waals surface area (Å²) in [5.74, 6) is -0.279. The normalized spacial score (nSPS) is 15.0. The second kappa shape index (κ2) is 9.15. The Kier molecular flexibility index (Phi) is 8.76. The molecule has 19 heavy (non-hydrogen) atoms. The van der Waals surface area contributed by atoms with E-state index in [2.05, 4.69) is 15.0 Å². The molecule has 0 unspecified atom stereocenters. The van der Waals surface area contributed by atoms with Crippen LogP contribution in [0.5, 0.6) is 0 Å². The highest BCUT2D eigenvalue weighted by Gasteiger charge is 2.10. The largest absolute Gasteiger partial charge is 0.465 e. The number of piperazine rings is 1. The van der Waals surface area contributed by atoms with Crippen LogP contribution in [0.1, 0.15) is 15.9 Å². The van der Waals surface area contributed by atoms with Gasteiger partial charge in [-0.3, -0.25) is 4.90 Å². The number of halogens is 2. The topological polar surface area (TPSA) is 41.6 Å². The van der Waals surface area contributed by atoms with Crippen LogP contribution in [-0.4, -0.2) is 44.2 Å². The number of hydrogen-bond donors (Lipinski definition) is 1. The fourth-order valence-electron chi connectivity index (χ4n) is 1.99. The maximum Gasteiger partial charge on any atom is 0.337 e. The van der Waals surface area contributed by atoms with E-state index in [9.17, 15) is 4.79 Å². The Hall–Kier alpha value is -0.810. The first-order valence-corrected chi connectivity index (χ1v) is 5.90. The molecule has 0 spiro atoms. The molecule has 0 bridgehead atoms. The van der Waals surface area contributed by atoms with Crippen molar-refractivity contribution in [2.24, 2.45) is 0 Å². The van der Waals surface area contributed by atoms with E-state index in [4.69, 9.17) is 0 Å². The van der Waals surface area contributed by atoms with Crippen LogP contribution in [0.15, 0.2) is 24.3 Å². The molecular weight excluding hydrogens is 287 g/mol. The van der Waals surface area contributed by atoms with Gasteiger partial charge in [-0.25, -0.2) is 4.79 Å². The molecule has 1 aromatic carbocycles. The van der Waals surface area contributed by atoms with E-state index >= 15 is 0 Å². The van der Waals surface area contributed by atoms with Crippen LogP contribution >= 0.6 is 24.8 Å². The molecule has 1 N–H and O–H groups in total. The number of ether oxygens (including phenoxy) is 1. The van der Waals surface area contributed by atoms with E-state index in [0.717, 1.165) is 32.7 Å². The second-order valence-electron chi connectivity index (χ2n) is 4.21. The average molecular weight is 307 g/mol.